The molecule has 0 saturated carbocycles. The maximum Gasteiger partial charge on any atom is 0.274 e. The average molecular weight is 341 g/mol. The van der Waals surface area contributed by atoms with Gasteiger partial charge >= 0.3 is 0 Å². The van der Waals surface area contributed by atoms with Crippen LogP contribution in [0, 0.1) is 0 Å². The Kier molecular flexibility index (Phi) is 5.59. The van der Waals surface area contributed by atoms with Crippen LogP contribution in [0.15, 0.2) is 23.2 Å². The van der Waals surface area contributed by atoms with Gasteiger partial charge in [-0.15, -0.1) is 0 Å². The third-order valence-corrected chi connectivity index (χ3v) is 6.22. The standard InChI is InChI=1S/C15H24N4O3S/c1-4-19(5-2)23(21,22)14-6-7-15(16-12-14)18-10-8-17(9-11-18)13(3)20/h6-7,12H,4-5,8-11H2,1-3H3/p+1. The number of amides is 1. The third-order valence-electron chi connectivity index (χ3n) is 4.18. The average Bonchev–Trinajstić information content (AvgIpc) is 2.56. The van der Waals surface area contributed by atoms with Gasteiger partial charge in [0.25, 0.3) is 5.82 Å². The molecule has 1 aromatic rings. The Hall–Kier alpha value is -1.67. The number of aromatic amines is 1. The van der Waals surface area contributed by atoms with Gasteiger partial charge < -0.3 is 4.90 Å². The third kappa shape index (κ3) is 3.81. The van der Waals surface area contributed by atoms with Crippen LogP contribution in [0.5, 0.6) is 0 Å². The van der Waals surface area contributed by atoms with Gasteiger partial charge in [0, 0.05) is 26.1 Å². The van der Waals surface area contributed by atoms with Crippen molar-refractivity contribution in [3.8, 4) is 0 Å². The van der Waals surface area contributed by atoms with Gasteiger partial charge in [0.2, 0.25) is 15.9 Å². The van der Waals surface area contributed by atoms with E-state index >= 15 is 0 Å². The Morgan fingerprint density at radius 3 is 2.22 bits per heavy atom. The minimum absolute atomic E-state index is 0.0919. The van der Waals surface area contributed by atoms with E-state index in [1.807, 2.05) is 18.7 Å². The minimum atomic E-state index is -3.44. The van der Waals surface area contributed by atoms with E-state index in [2.05, 4.69) is 9.88 Å². The van der Waals surface area contributed by atoms with Crippen molar-refractivity contribution >= 4 is 21.7 Å². The van der Waals surface area contributed by atoms with E-state index in [0.717, 1.165) is 18.9 Å². The zero-order valence-corrected chi connectivity index (χ0v) is 14.8. The van der Waals surface area contributed by atoms with Crippen LogP contribution in [0.2, 0.25) is 0 Å². The lowest BCUT2D eigenvalue weighted by molar-refractivity contribution is -0.367. The number of H-pyrrole nitrogens is 1. The van der Waals surface area contributed by atoms with Gasteiger partial charge in [-0.2, -0.15) is 4.31 Å². The molecule has 2 heterocycles. The number of hydrogen-bond donors (Lipinski definition) is 0. The number of pyridine rings is 1. The first-order valence-electron chi connectivity index (χ1n) is 7.92. The Bertz CT molecular complexity index is 633. The fraction of sp³-hybridized carbons (Fsp3) is 0.600. The van der Waals surface area contributed by atoms with Crippen molar-refractivity contribution in [3.05, 3.63) is 18.3 Å². The van der Waals surface area contributed by atoms with Gasteiger partial charge in [-0.25, -0.2) is 13.4 Å². The molecule has 128 valence electrons. The molecule has 1 N–H and O–H groups in total. The maximum atomic E-state index is 12.4. The molecule has 1 aromatic heterocycles. The topological polar surface area (TPSA) is 75.1 Å². The number of sulfonamides is 1. The molecule has 0 aromatic carbocycles. The summed E-state index contributed by atoms with van der Waals surface area (Å²) in [5.41, 5.74) is 0. The van der Waals surface area contributed by atoms with Crippen molar-refractivity contribution < 1.29 is 18.2 Å². The number of rotatable bonds is 5. The second-order valence-corrected chi connectivity index (χ2v) is 7.43. The molecule has 0 atom stereocenters. The van der Waals surface area contributed by atoms with Crippen LogP contribution in [0.3, 0.4) is 0 Å². The molecule has 0 bridgehead atoms. The molecule has 1 aliphatic heterocycles. The largest absolute Gasteiger partial charge is 0.335 e. The summed E-state index contributed by atoms with van der Waals surface area (Å²) < 4.78 is 26.3. The van der Waals surface area contributed by atoms with Crippen molar-refractivity contribution in [2.45, 2.75) is 25.7 Å². The quantitative estimate of drug-likeness (QED) is 0.767. The molecule has 0 unspecified atom stereocenters. The van der Waals surface area contributed by atoms with Crippen LogP contribution < -0.4 is 9.88 Å². The van der Waals surface area contributed by atoms with Crippen molar-refractivity contribution in [1.29, 1.82) is 0 Å². The summed E-state index contributed by atoms with van der Waals surface area (Å²) in [6.07, 6.45) is 1.54. The van der Waals surface area contributed by atoms with E-state index in [1.165, 1.54) is 4.31 Å². The molecule has 23 heavy (non-hydrogen) atoms. The van der Waals surface area contributed by atoms with Crippen LogP contribution in [0.4, 0.5) is 5.82 Å². The second kappa shape index (κ2) is 7.27. The SMILES string of the molecule is CCN(CC)S(=O)(=O)c1ccc(N2CCN(C(C)=O)CC2)[nH+]c1. The number of nitrogens with zero attached hydrogens (tertiary/aromatic N) is 3. The number of aromatic nitrogens is 1. The number of carbonyl (C=O) groups excluding carboxylic acids is 1. The minimum Gasteiger partial charge on any atom is -0.335 e. The molecule has 0 aliphatic carbocycles. The summed E-state index contributed by atoms with van der Waals surface area (Å²) >= 11 is 0. The maximum absolute atomic E-state index is 12.4. The van der Waals surface area contributed by atoms with Gasteiger partial charge in [-0.1, -0.05) is 13.8 Å². The molecule has 0 spiro atoms. The van der Waals surface area contributed by atoms with E-state index in [1.54, 1.807) is 25.3 Å². The highest BCUT2D eigenvalue weighted by molar-refractivity contribution is 7.89. The van der Waals surface area contributed by atoms with Gasteiger partial charge in [-0.05, 0) is 6.07 Å². The Morgan fingerprint density at radius 1 is 1.17 bits per heavy atom. The molecule has 7 nitrogen and oxygen atoms in total. The monoisotopic (exact) mass is 341 g/mol. The summed E-state index contributed by atoms with van der Waals surface area (Å²) in [5, 5.41) is 0. The van der Waals surface area contributed by atoms with Crippen LogP contribution in [0.1, 0.15) is 20.8 Å². The van der Waals surface area contributed by atoms with Gasteiger partial charge in [0.15, 0.2) is 0 Å². The van der Waals surface area contributed by atoms with Crippen LogP contribution in [-0.2, 0) is 14.8 Å². The molecule has 1 fully saturated rings. The summed E-state index contributed by atoms with van der Waals surface area (Å²) in [6.45, 7) is 8.97. The predicted molar refractivity (Wildman–Crippen MR) is 87.6 cm³/mol. The highest BCUT2D eigenvalue weighted by Crippen LogP contribution is 2.16. The molecule has 8 heteroatoms. The fourth-order valence-corrected chi connectivity index (χ4v) is 4.16. The normalized spacial score (nSPS) is 16.0. The Labute approximate surface area is 137 Å². The first-order valence-corrected chi connectivity index (χ1v) is 9.36. The van der Waals surface area contributed by atoms with Crippen molar-refractivity contribution in [1.82, 2.24) is 9.21 Å². The zero-order valence-electron chi connectivity index (χ0n) is 13.9. The van der Waals surface area contributed by atoms with E-state index in [4.69, 9.17) is 0 Å². The summed E-state index contributed by atoms with van der Waals surface area (Å²) in [7, 11) is -3.44. The van der Waals surface area contributed by atoms with E-state index in [0.29, 0.717) is 26.2 Å². The number of carbonyl (C=O) groups is 1. The van der Waals surface area contributed by atoms with Gasteiger partial charge in [0.1, 0.15) is 24.2 Å². The Morgan fingerprint density at radius 2 is 1.78 bits per heavy atom. The highest BCUT2D eigenvalue weighted by Gasteiger charge is 2.26. The van der Waals surface area contributed by atoms with Crippen LogP contribution >= 0.6 is 0 Å². The lowest BCUT2D eigenvalue weighted by atomic mass is 10.3. The van der Waals surface area contributed by atoms with Crippen molar-refractivity contribution in [3.63, 3.8) is 0 Å². The van der Waals surface area contributed by atoms with E-state index < -0.39 is 10.0 Å². The smallest absolute Gasteiger partial charge is 0.274 e. The fourth-order valence-electron chi connectivity index (χ4n) is 2.73. The van der Waals surface area contributed by atoms with Crippen LogP contribution in [0.25, 0.3) is 0 Å². The molecule has 1 saturated heterocycles. The molecule has 2 rings (SSSR count). The van der Waals surface area contributed by atoms with Crippen molar-refractivity contribution in [2.75, 3.05) is 44.2 Å². The number of piperazine rings is 1. The van der Waals surface area contributed by atoms with Gasteiger partial charge in [-0.3, -0.25) is 9.69 Å². The number of anilines is 1. The van der Waals surface area contributed by atoms with Crippen LogP contribution in [-0.4, -0.2) is 62.8 Å². The molecule has 0 radical (unpaired) electrons. The predicted octanol–water partition coefficient (Wildman–Crippen LogP) is 0.200. The first-order chi connectivity index (χ1) is 10.9. The molecule has 1 amide bonds. The first kappa shape index (κ1) is 17.7. The second-order valence-electron chi connectivity index (χ2n) is 5.49. The van der Waals surface area contributed by atoms with E-state index in [9.17, 15) is 13.2 Å². The number of nitrogens with one attached hydrogen (secondary N) is 1. The highest BCUT2D eigenvalue weighted by atomic mass is 32.2. The summed E-state index contributed by atoms with van der Waals surface area (Å²) in [5.74, 6) is 0.959. The van der Waals surface area contributed by atoms with Crippen molar-refractivity contribution in [2.24, 2.45) is 0 Å². The lowest BCUT2D eigenvalue weighted by Crippen LogP contribution is -2.49. The zero-order chi connectivity index (χ0) is 17.0. The molecular weight excluding hydrogens is 316 g/mol. The van der Waals surface area contributed by atoms with E-state index in [-0.39, 0.29) is 10.8 Å². The summed E-state index contributed by atoms with van der Waals surface area (Å²) in [6, 6.07) is 3.43. The summed E-state index contributed by atoms with van der Waals surface area (Å²) in [4.78, 5) is 18.6. The lowest BCUT2D eigenvalue weighted by Gasteiger charge is -2.30. The van der Waals surface area contributed by atoms with Gasteiger partial charge in [0.05, 0.1) is 13.1 Å². The molecular formula is C15H25N4O3S+. The molecule has 1 aliphatic rings. The number of hydrogen-bond acceptors (Lipinski definition) is 4. The Balaban J connectivity index is 2.10.